The van der Waals surface area contributed by atoms with Crippen LogP contribution in [0.25, 0.3) is 0 Å². The molecule has 0 aromatic carbocycles. The van der Waals surface area contributed by atoms with Crippen molar-refractivity contribution in [3.63, 3.8) is 0 Å². The van der Waals surface area contributed by atoms with E-state index in [9.17, 15) is 4.21 Å². The normalized spacial score (nSPS) is 14.8. The van der Waals surface area contributed by atoms with Crippen molar-refractivity contribution in [2.45, 2.75) is 38.5 Å². The summed E-state index contributed by atoms with van der Waals surface area (Å²) in [7, 11) is -0.856. The lowest BCUT2D eigenvalue weighted by molar-refractivity contribution is 0.125. The van der Waals surface area contributed by atoms with Gasteiger partial charge in [-0.15, -0.1) is 0 Å². The van der Waals surface area contributed by atoms with E-state index in [0.717, 1.165) is 0 Å². The molecule has 0 amide bonds. The van der Waals surface area contributed by atoms with Crippen LogP contribution in [0.5, 0.6) is 5.88 Å². The van der Waals surface area contributed by atoms with Crippen LogP contribution in [0.3, 0.4) is 0 Å². The quantitative estimate of drug-likeness (QED) is 0.865. The van der Waals surface area contributed by atoms with Crippen molar-refractivity contribution in [2.24, 2.45) is 0 Å². The van der Waals surface area contributed by atoms with Gasteiger partial charge in [0.2, 0.25) is 5.88 Å². The average molecular weight is 285 g/mol. The number of ether oxygens (including phenoxy) is 1. The van der Waals surface area contributed by atoms with Crippen LogP contribution in [0.15, 0.2) is 12.1 Å². The van der Waals surface area contributed by atoms with Crippen molar-refractivity contribution in [3.05, 3.63) is 12.1 Å². The zero-order chi connectivity index (χ0) is 14.6. The third-order valence-corrected chi connectivity index (χ3v) is 3.73. The molecule has 0 aliphatic carbocycles. The minimum Gasteiger partial charge on any atom is -0.470 e. The van der Waals surface area contributed by atoms with Crippen LogP contribution in [-0.2, 0) is 10.8 Å². The Morgan fingerprint density at radius 3 is 2.63 bits per heavy atom. The van der Waals surface area contributed by atoms with Crippen molar-refractivity contribution in [3.8, 4) is 5.88 Å². The molecular formula is C13H23N3O2S. The molecule has 6 heteroatoms. The number of nitrogen functional groups attached to an aromatic ring is 1. The molecule has 1 aromatic heterocycles. The van der Waals surface area contributed by atoms with Crippen molar-refractivity contribution < 1.29 is 8.95 Å². The lowest BCUT2D eigenvalue weighted by Gasteiger charge is -2.22. The van der Waals surface area contributed by atoms with Crippen LogP contribution in [0.4, 0.5) is 11.5 Å². The molecule has 0 fully saturated rings. The second-order valence-corrected chi connectivity index (χ2v) is 7.30. The fraction of sp³-hybridized carbons (Fsp3) is 0.615. The van der Waals surface area contributed by atoms with Crippen LogP contribution < -0.4 is 15.8 Å². The van der Waals surface area contributed by atoms with Gasteiger partial charge in [0, 0.05) is 28.9 Å². The summed E-state index contributed by atoms with van der Waals surface area (Å²) in [5.41, 5.74) is 5.99. The zero-order valence-electron chi connectivity index (χ0n) is 12.2. The Bertz CT molecular complexity index is 458. The van der Waals surface area contributed by atoms with Crippen molar-refractivity contribution in [1.29, 1.82) is 0 Å². The number of hydrogen-bond acceptors (Lipinski definition) is 5. The fourth-order valence-electron chi connectivity index (χ4n) is 1.29. The number of anilines is 2. The van der Waals surface area contributed by atoms with E-state index in [1.54, 1.807) is 18.4 Å². The van der Waals surface area contributed by atoms with Gasteiger partial charge < -0.3 is 15.8 Å². The summed E-state index contributed by atoms with van der Waals surface area (Å²) in [4.78, 5) is 4.33. The van der Waals surface area contributed by atoms with Gasteiger partial charge in [-0.3, -0.25) is 4.21 Å². The van der Waals surface area contributed by atoms with Crippen LogP contribution in [0, 0.1) is 0 Å². The van der Waals surface area contributed by atoms with Gasteiger partial charge in [0.1, 0.15) is 11.4 Å². The Hall–Kier alpha value is -1.30. The Labute approximate surface area is 117 Å². The highest BCUT2D eigenvalue weighted by Crippen LogP contribution is 2.24. The largest absolute Gasteiger partial charge is 0.470 e. The molecule has 5 nitrogen and oxygen atoms in total. The summed E-state index contributed by atoms with van der Waals surface area (Å²) in [5.74, 6) is 1.09. The maximum absolute atomic E-state index is 11.3. The molecule has 1 aromatic rings. The van der Waals surface area contributed by atoms with Gasteiger partial charge in [-0.25, -0.2) is 0 Å². The highest BCUT2D eigenvalue weighted by molar-refractivity contribution is 7.84. The molecule has 0 radical (unpaired) electrons. The topological polar surface area (TPSA) is 77.2 Å². The van der Waals surface area contributed by atoms with E-state index in [1.807, 2.05) is 27.7 Å². The van der Waals surface area contributed by atoms with E-state index in [2.05, 4.69) is 10.3 Å². The number of nitrogens with zero attached hydrogens (tertiary/aromatic N) is 1. The minimum absolute atomic E-state index is 0.0614. The molecule has 0 spiro atoms. The summed E-state index contributed by atoms with van der Waals surface area (Å²) in [6.07, 6.45) is 1.69. The Morgan fingerprint density at radius 1 is 1.47 bits per heavy atom. The Morgan fingerprint density at radius 2 is 2.11 bits per heavy atom. The van der Waals surface area contributed by atoms with E-state index in [0.29, 0.717) is 23.9 Å². The monoisotopic (exact) mass is 285 g/mol. The zero-order valence-corrected chi connectivity index (χ0v) is 13.0. The second-order valence-electron chi connectivity index (χ2n) is 5.50. The number of hydrogen-bond donors (Lipinski definition) is 2. The standard InChI is InChI=1S/C13H23N3O2S/c1-9(19(5)17)8-15-11-7-6-10(14)12(16-11)18-13(2,3)4/h6-7,9H,8,14H2,1-5H3,(H,15,16). The van der Waals surface area contributed by atoms with E-state index in [1.165, 1.54) is 0 Å². The maximum Gasteiger partial charge on any atom is 0.239 e. The Balaban J connectivity index is 2.76. The number of rotatable bonds is 5. The number of pyridine rings is 1. The maximum atomic E-state index is 11.3. The minimum atomic E-state index is -0.856. The number of aromatic nitrogens is 1. The van der Waals surface area contributed by atoms with Gasteiger partial charge >= 0.3 is 0 Å². The first-order chi connectivity index (χ1) is 8.69. The predicted molar refractivity (Wildman–Crippen MR) is 81.0 cm³/mol. The third kappa shape index (κ3) is 5.46. The van der Waals surface area contributed by atoms with Gasteiger partial charge in [0.25, 0.3) is 0 Å². The van der Waals surface area contributed by atoms with Gasteiger partial charge in [-0.2, -0.15) is 4.98 Å². The molecule has 19 heavy (non-hydrogen) atoms. The molecule has 108 valence electrons. The number of nitrogens with one attached hydrogen (secondary N) is 1. The smallest absolute Gasteiger partial charge is 0.239 e. The summed E-state index contributed by atoms with van der Waals surface area (Å²) >= 11 is 0. The van der Waals surface area contributed by atoms with Crippen LogP contribution >= 0.6 is 0 Å². The molecule has 2 unspecified atom stereocenters. The molecule has 1 heterocycles. The van der Waals surface area contributed by atoms with Crippen LogP contribution in [-0.4, -0.2) is 32.8 Å². The van der Waals surface area contributed by atoms with Crippen molar-refractivity contribution >= 4 is 22.3 Å². The number of nitrogens with two attached hydrogens (primary N) is 1. The summed E-state index contributed by atoms with van der Waals surface area (Å²) in [6.45, 7) is 8.34. The fourth-order valence-corrected chi connectivity index (χ4v) is 1.61. The molecule has 1 rings (SSSR count). The Kier molecular flexibility index (Phi) is 5.17. The first kappa shape index (κ1) is 15.8. The first-order valence-electron chi connectivity index (χ1n) is 6.20. The second kappa shape index (κ2) is 6.23. The highest BCUT2D eigenvalue weighted by Gasteiger charge is 2.15. The van der Waals surface area contributed by atoms with E-state index >= 15 is 0 Å². The van der Waals surface area contributed by atoms with E-state index in [4.69, 9.17) is 10.5 Å². The summed E-state index contributed by atoms with van der Waals surface area (Å²) in [5, 5.41) is 3.20. The molecule has 2 atom stereocenters. The van der Waals surface area contributed by atoms with Crippen molar-refractivity contribution in [1.82, 2.24) is 4.98 Å². The van der Waals surface area contributed by atoms with Gasteiger partial charge in [-0.1, -0.05) is 0 Å². The van der Waals surface area contributed by atoms with Crippen molar-refractivity contribution in [2.75, 3.05) is 23.9 Å². The molecule has 0 aliphatic rings. The molecule has 0 saturated carbocycles. The molecular weight excluding hydrogens is 262 g/mol. The lowest BCUT2D eigenvalue weighted by atomic mass is 10.2. The third-order valence-electron chi connectivity index (χ3n) is 2.43. The van der Waals surface area contributed by atoms with Crippen LogP contribution in [0.2, 0.25) is 0 Å². The molecule has 0 bridgehead atoms. The molecule has 0 aliphatic heterocycles. The summed E-state index contributed by atoms with van der Waals surface area (Å²) in [6, 6.07) is 3.54. The highest BCUT2D eigenvalue weighted by atomic mass is 32.2. The average Bonchev–Trinajstić information content (AvgIpc) is 2.27. The first-order valence-corrected chi connectivity index (χ1v) is 7.83. The van der Waals surface area contributed by atoms with Gasteiger partial charge in [0.05, 0.1) is 5.69 Å². The summed E-state index contributed by atoms with van der Waals surface area (Å²) < 4.78 is 17.0. The SMILES string of the molecule is CC(CNc1ccc(N)c(OC(C)(C)C)n1)S(C)=O. The van der Waals surface area contributed by atoms with Gasteiger partial charge in [0.15, 0.2) is 0 Å². The molecule has 0 saturated heterocycles. The lowest BCUT2D eigenvalue weighted by Crippen LogP contribution is -2.25. The predicted octanol–water partition coefficient (Wildman–Crippen LogP) is 2.02. The van der Waals surface area contributed by atoms with E-state index in [-0.39, 0.29) is 10.9 Å². The van der Waals surface area contributed by atoms with Crippen LogP contribution in [0.1, 0.15) is 27.7 Å². The van der Waals surface area contributed by atoms with Gasteiger partial charge in [-0.05, 0) is 39.8 Å². The van der Waals surface area contributed by atoms with E-state index < -0.39 is 10.8 Å². The molecule has 3 N–H and O–H groups in total.